The summed E-state index contributed by atoms with van der Waals surface area (Å²) in [4.78, 5) is 18.4. The van der Waals surface area contributed by atoms with Crippen LogP contribution in [0.4, 0.5) is 5.13 Å². The molecule has 0 saturated carbocycles. The molecule has 1 aliphatic carbocycles. The highest BCUT2D eigenvalue weighted by atomic mass is 32.1. The van der Waals surface area contributed by atoms with Gasteiger partial charge in [-0.1, -0.05) is 13.3 Å². The maximum atomic E-state index is 12.4. The molecule has 1 aromatic rings. The van der Waals surface area contributed by atoms with E-state index in [0.29, 0.717) is 6.04 Å². The minimum absolute atomic E-state index is 0.130. The van der Waals surface area contributed by atoms with Gasteiger partial charge in [-0.15, -0.1) is 11.3 Å². The van der Waals surface area contributed by atoms with Crippen LogP contribution in [-0.4, -0.2) is 23.5 Å². The highest BCUT2D eigenvalue weighted by Crippen LogP contribution is 2.33. The van der Waals surface area contributed by atoms with Crippen LogP contribution in [-0.2, 0) is 17.6 Å². The number of thiazole rings is 1. The van der Waals surface area contributed by atoms with E-state index in [1.807, 2.05) is 0 Å². The number of hydrogen-bond donors (Lipinski definition) is 2. The summed E-state index contributed by atoms with van der Waals surface area (Å²) < 4.78 is 0. The van der Waals surface area contributed by atoms with Gasteiger partial charge in [0.1, 0.15) is 0 Å². The Morgan fingerprint density at radius 1 is 1.48 bits per heavy atom. The van der Waals surface area contributed by atoms with Crippen LogP contribution in [0.1, 0.15) is 50.1 Å². The van der Waals surface area contributed by atoms with Crippen LogP contribution >= 0.6 is 11.3 Å². The number of amides is 1. The lowest BCUT2D eigenvalue weighted by Gasteiger charge is -2.26. The molecule has 116 valence electrons. The first kappa shape index (κ1) is 15.0. The van der Waals surface area contributed by atoms with Gasteiger partial charge in [0.05, 0.1) is 5.69 Å². The van der Waals surface area contributed by atoms with Gasteiger partial charge in [0.25, 0.3) is 0 Å². The van der Waals surface area contributed by atoms with Crippen LogP contribution in [0.3, 0.4) is 0 Å². The lowest BCUT2D eigenvalue weighted by Crippen LogP contribution is -2.40. The van der Waals surface area contributed by atoms with E-state index in [1.165, 1.54) is 23.4 Å². The molecule has 0 bridgehead atoms. The molecular weight excluding hydrogens is 282 g/mol. The number of nitrogens with one attached hydrogen (secondary N) is 2. The zero-order valence-corrected chi connectivity index (χ0v) is 13.8. The van der Waals surface area contributed by atoms with Crippen molar-refractivity contribution in [3.63, 3.8) is 0 Å². The predicted molar refractivity (Wildman–Crippen MR) is 86.7 cm³/mol. The van der Waals surface area contributed by atoms with Crippen molar-refractivity contribution >= 4 is 22.4 Å². The Bertz CT molecular complexity index is 514. The topological polar surface area (TPSA) is 54.0 Å². The van der Waals surface area contributed by atoms with Crippen molar-refractivity contribution in [1.29, 1.82) is 0 Å². The molecular formula is C16H25N3OS. The Morgan fingerprint density at radius 3 is 3.10 bits per heavy atom. The van der Waals surface area contributed by atoms with Gasteiger partial charge in [-0.3, -0.25) is 4.79 Å². The third kappa shape index (κ3) is 3.46. The smallest absolute Gasteiger partial charge is 0.229 e. The number of aryl methyl sites for hydroxylation is 1. The Kier molecular flexibility index (Phi) is 4.60. The summed E-state index contributed by atoms with van der Waals surface area (Å²) in [5.74, 6) is 1.08. The largest absolute Gasteiger partial charge is 0.314 e. The van der Waals surface area contributed by atoms with E-state index in [2.05, 4.69) is 29.5 Å². The van der Waals surface area contributed by atoms with E-state index >= 15 is 0 Å². The molecule has 1 fully saturated rings. The maximum absolute atomic E-state index is 12.4. The molecule has 1 unspecified atom stereocenters. The fourth-order valence-corrected chi connectivity index (χ4v) is 4.55. The Labute approximate surface area is 130 Å². The van der Waals surface area contributed by atoms with E-state index < -0.39 is 0 Å². The second kappa shape index (κ2) is 6.44. The summed E-state index contributed by atoms with van der Waals surface area (Å²) in [6.07, 6.45) is 6.56. The highest BCUT2D eigenvalue weighted by Gasteiger charge is 2.26. The summed E-state index contributed by atoms with van der Waals surface area (Å²) in [5, 5.41) is 7.26. The summed E-state index contributed by atoms with van der Waals surface area (Å²) in [5.41, 5.74) is 1.22. The molecule has 0 radical (unpaired) electrons. The van der Waals surface area contributed by atoms with Gasteiger partial charge in [-0.2, -0.15) is 0 Å². The van der Waals surface area contributed by atoms with Crippen LogP contribution in [0.25, 0.3) is 0 Å². The monoisotopic (exact) mass is 307 g/mol. The van der Waals surface area contributed by atoms with Gasteiger partial charge in [0.2, 0.25) is 5.91 Å². The molecule has 0 aromatic carbocycles. The maximum Gasteiger partial charge on any atom is 0.229 e. The highest BCUT2D eigenvalue weighted by molar-refractivity contribution is 7.15. The van der Waals surface area contributed by atoms with Gasteiger partial charge in [-0.05, 0) is 51.5 Å². The number of nitrogens with zero attached hydrogens (tertiary/aromatic N) is 1. The van der Waals surface area contributed by atoms with E-state index in [1.54, 1.807) is 11.3 Å². The van der Waals surface area contributed by atoms with E-state index in [0.717, 1.165) is 43.3 Å². The van der Waals surface area contributed by atoms with Gasteiger partial charge >= 0.3 is 0 Å². The molecule has 3 atom stereocenters. The average molecular weight is 307 g/mol. The minimum Gasteiger partial charge on any atom is -0.314 e. The van der Waals surface area contributed by atoms with Crippen molar-refractivity contribution in [1.82, 2.24) is 10.3 Å². The number of carbonyl (C=O) groups is 1. The lowest BCUT2D eigenvalue weighted by molar-refractivity contribution is -0.120. The van der Waals surface area contributed by atoms with Crippen LogP contribution in [0, 0.1) is 11.8 Å². The van der Waals surface area contributed by atoms with Crippen molar-refractivity contribution in [2.75, 3.05) is 11.9 Å². The Hall–Kier alpha value is -0.940. The van der Waals surface area contributed by atoms with Crippen molar-refractivity contribution in [3.05, 3.63) is 10.6 Å². The number of rotatable bonds is 3. The number of aromatic nitrogens is 1. The molecule has 2 aliphatic rings. The van der Waals surface area contributed by atoms with Crippen LogP contribution in [0.5, 0.6) is 0 Å². The molecule has 1 saturated heterocycles. The normalized spacial score (nSPS) is 29.0. The molecule has 1 aromatic heterocycles. The third-order valence-electron chi connectivity index (χ3n) is 4.84. The van der Waals surface area contributed by atoms with Gasteiger partial charge in [0, 0.05) is 16.8 Å². The van der Waals surface area contributed by atoms with Gasteiger partial charge in [0.15, 0.2) is 5.13 Å². The molecule has 0 spiro atoms. The molecule has 21 heavy (non-hydrogen) atoms. The van der Waals surface area contributed by atoms with Crippen molar-refractivity contribution < 1.29 is 4.79 Å². The molecule has 5 heteroatoms. The molecule has 1 amide bonds. The van der Waals surface area contributed by atoms with Gasteiger partial charge < -0.3 is 10.6 Å². The molecule has 2 heterocycles. The number of piperidine rings is 1. The fourth-order valence-electron chi connectivity index (χ4n) is 3.42. The summed E-state index contributed by atoms with van der Waals surface area (Å²) >= 11 is 1.69. The first-order chi connectivity index (χ1) is 10.2. The number of anilines is 1. The zero-order chi connectivity index (χ0) is 14.8. The fraction of sp³-hybridized carbons (Fsp3) is 0.750. The standard InChI is InChI=1S/C16H25N3OS/c1-3-11-4-5-13-14(9-11)21-16(18-13)19-15(20)12-6-7-17-10(2)8-12/h10-12,17H,3-9H2,1-2H3,(H,18,19,20)/t10-,11?,12-/m0/s1. The van der Waals surface area contributed by atoms with Crippen LogP contribution < -0.4 is 10.6 Å². The van der Waals surface area contributed by atoms with E-state index in [9.17, 15) is 4.79 Å². The summed E-state index contributed by atoms with van der Waals surface area (Å²) in [6.45, 7) is 5.34. The number of carbonyl (C=O) groups excluding carboxylic acids is 1. The summed E-state index contributed by atoms with van der Waals surface area (Å²) in [6, 6.07) is 0.435. The zero-order valence-electron chi connectivity index (χ0n) is 12.9. The quantitative estimate of drug-likeness (QED) is 0.902. The first-order valence-electron chi connectivity index (χ1n) is 8.18. The number of fused-ring (bicyclic) bond motifs is 1. The lowest BCUT2D eigenvalue weighted by atomic mass is 9.89. The molecule has 4 nitrogen and oxygen atoms in total. The van der Waals surface area contributed by atoms with E-state index in [4.69, 9.17) is 0 Å². The second-order valence-electron chi connectivity index (χ2n) is 6.47. The van der Waals surface area contributed by atoms with Gasteiger partial charge in [-0.25, -0.2) is 4.98 Å². The van der Waals surface area contributed by atoms with Crippen molar-refractivity contribution in [3.8, 4) is 0 Å². The minimum atomic E-state index is 0.130. The average Bonchev–Trinajstić information content (AvgIpc) is 2.88. The third-order valence-corrected chi connectivity index (χ3v) is 5.88. The van der Waals surface area contributed by atoms with Crippen LogP contribution in [0.15, 0.2) is 0 Å². The van der Waals surface area contributed by atoms with Crippen LogP contribution in [0.2, 0.25) is 0 Å². The molecule has 3 rings (SSSR count). The Morgan fingerprint density at radius 2 is 2.33 bits per heavy atom. The van der Waals surface area contributed by atoms with Crippen molar-refractivity contribution in [2.24, 2.45) is 11.8 Å². The molecule has 2 N–H and O–H groups in total. The molecule has 1 aliphatic heterocycles. The SMILES string of the molecule is CCC1CCc2nc(NC(=O)[C@H]3CCN[C@@H](C)C3)sc2C1. The predicted octanol–water partition coefficient (Wildman–Crippen LogP) is 2.98. The van der Waals surface area contributed by atoms with Crippen molar-refractivity contribution in [2.45, 2.75) is 58.4 Å². The second-order valence-corrected chi connectivity index (χ2v) is 7.56. The first-order valence-corrected chi connectivity index (χ1v) is 9.00. The summed E-state index contributed by atoms with van der Waals surface area (Å²) in [7, 11) is 0. The van der Waals surface area contributed by atoms with E-state index in [-0.39, 0.29) is 11.8 Å². The Balaban J connectivity index is 1.63. The number of hydrogen-bond acceptors (Lipinski definition) is 4.